The van der Waals surface area contributed by atoms with Gasteiger partial charge in [-0.3, -0.25) is 0 Å². The molecule has 1 N–H and O–H groups in total. The maximum Gasteiger partial charge on any atom is 0.191 e. The van der Waals surface area contributed by atoms with Gasteiger partial charge >= 0.3 is 0 Å². The lowest BCUT2D eigenvalue weighted by Gasteiger charge is -1.94. The molecule has 0 saturated carbocycles. The van der Waals surface area contributed by atoms with E-state index in [0.717, 1.165) is 12.8 Å². The van der Waals surface area contributed by atoms with Gasteiger partial charge in [-0.1, -0.05) is 13.3 Å². The van der Waals surface area contributed by atoms with Crippen LogP contribution in [0.1, 0.15) is 19.8 Å². The quantitative estimate of drug-likeness (QED) is 0.272. The van der Waals surface area contributed by atoms with Gasteiger partial charge in [-0.05, 0) is 6.42 Å². The van der Waals surface area contributed by atoms with Crippen molar-refractivity contribution in [1.29, 1.82) is 0 Å². The second kappa shape index (κ2) is 7.23. The van der Waals surface area contributed by atoms with Crippen LogP contribution in [0.3, 0.4) is 0 Å². The number of unbranched alkanes of at least 4 members (excludes halogenated alkanes) is 1. The number of hydrogen-bond acceptors (Lipinski definition) is 4. The van der Waals surface area contributed by atoms with Crippen LogP contribution >= 0.6 is 12.3 Å². The second-order valence-corrected chi connectivity index (χ2v) is 1.60. The Labute approximate surface area is 53.3 Å². The molecule has 0 aromatic heterocycles. The van der Waals surface area contributed by atoms with Crippen LogP contribution < -0.4 is 0 Å². The monoisotopic (exact) mass is 138 g/mol. The summed E-state index contributed by atoms with van der Waals surface area (Å²) in [5.41, 5.74) is 0. The van der Waals surface area contributed by atoms with Gasteiger partial charge in [-0.25, -0.2) is 4.89 Å². The lowest BCUT2D eigenvalue weighted by Crippen LogP contribution is -1.89. The summed E-state index contributed by atoms with van der Waals surface area (Å²) in [5, 5.41) is 0. The first-order chi connectivity index (χ1) is 3.91. The van der Waals surface area contributed by atoms with Crippen LogP contribution in [-0.4, -0.2) is 11.2 Å². The summed E-state index contributed by atoms with van der Waals surface area (Å²) in [6.45, 7) is 2.60. The van der Waals surface area contributed by atoms with E-state index >= 15 is 0 Å². The van der Waals surface area contributed by atoms with E-state index in [0.29, 0.717) is 6.61 Å². The van der Waals surface area contributed by atoms with Crippen molar-refractivity contribution in [2.75, 3.05) is 6.61 Å². The van der Waals surface area contributed by atoms with Crippen molar-refractivity contribution in [3.05, 3.63) is 0 Å². The first-order valence-corrected chi connectivity index (χ1v) is 3.21. The lowest BCUT2D eigenvalue weighted by atomic mass is 10.4. The second-order valence-electron chi connectivity index (χ2n) is 1.32. The average Bonchev–Trinajstić information content (AvgIpc) is 1.81. The SMILES string of the molecule is CCCCOOSO. The Hall–Kier alpha value is 0.230. The summed E-state index contributed by atoms with van der Waals surface area (Å²) in [7, 11) is 0. The fourth-order valence-corrected chi connectivity index (χ4v) is 0.370. The van der Waals surface area contributed by atoms with Gasteiger partial charge in [-0.15, -0.1) is 4.33 Å². The molecular formula is C4H10O3S. The molecule has 3 nitrogen and oxygen atoms in total. The maximum absolute atomic E-state index is 7.94. The van der Waals surface area contributed by atoms with E-state index in [2.05, 4.69) is 16.1 Å². The molecule has 0 aliphatic rings. The smallest absolute Gasteiger partial charge is 0.191 e. The third kappa shape index (κ3) is 6.23. The largest absolute Gasteiger partial charge is 0.305 e. The highest BCUT2D eigenvalue weighted by Gasteiger charge is 1.84. The number of rotatable bonds is 5. The first-order valence-electron chi connectivity index (χ1n) is 2.51. The van der Waals surface area contributed by atoms with Gasteiger partial charge in [0.2, 0.25) is 0 Å². The van der Waals surface area contributed by atoms with Crippen LogP contribution in [0.5, 0.6) is 0 Å². The Balaban J connectivity index is 2.53. The molecule has 4 heteroatoms. The molecule has 0 saturated heterocycles. The first kappa shape index (κ1) is 8.23. The van der Waals surface area contributed by atoms with Gasteiger partial charge in [0, 0.05) is 0 Å². The van der Waals surface area contributed by atoms with Crippen molar-refractivity contribution in [2.24, 2.45) is 0 Å². The molecule has 0 unspecified atom stereocenters. The molecule has 0 aliphatic heterocycles. The third-order valence-electron chi connectivity index (χ3n) is 0.660. The molecule has 0 bridgehead atoms. The Bertz CT molecular complexity index is 36.3. The van der Waals surface area contributed by atoms with E-state index in [4.69, 9.17) is 4.55 Å². The fraction of sp³-hybridized carbons (Fsp3) is 1.00. The molecule has 8 heavy (non-hydrogen) atoms. The highest BCUT2D eigenvalue weighted by atomic mass is 32.2. The summed E-state index contributed by atoms with van der Waals surface area (Å²) in [5.74, 6) is 0. The molecule has 0 aromatic carbocycles. The lowest BCUT2D eigenvalue weighted by molar-refractivity contribution is -0.195. The molecule has 0 rings (SSSR count). The van der Waals surface area contributed by atoms with Crippen LogP contribution in [0.2, 0.25) is 0 Å². The van der Waals surface area contributed by atoms with E-state index in [9.17, 15) is 0 Å². The molecule has 0 aliphatic carbocycles. The molecule has 0 atom stereocenters. The summed E-state index contributed by atoms with van der Waals surface area (Å²) in [6, 6.07) is 0. The van der Waals surface area contributed by atoms with Crippen LogP contribution in [-0.2, 0) is 9.22 Å². The Kier molecular flexibility index (Phi) is 7.44. The van der Waals surface area contributed by atoms with Crippen molar-refractivity contribution in [2.45, 2.75) is 19.8 Å². The Morgan fingerprint density at radius 3 is 2.88 bits per heavy atom. The summed E-state index contributed by atoms with van der Waals surface area (Å²) >= 11 is 0.230. The topological polar surface area (TPSA) is 38.7 Å². The molecular weight excluding hydrogens is 128 g/mol. The van der Waals surface area contributed by atoms with Crippen molar-refractivity contribution in [3.63, 3.8) is 0 Å². The molecule has 0 fully saturated rings. The van der Waals surface area contributed by atoms with E-state index in [1.165, 1.54) is 0 Å². The summed E-state index contributed by atoms with van der Waals surface area (Å²) in [6.07, 6.45) is 2.03. The Morgan fingerprint density at radius 2 is 2.38 bits per heavy atom. The molecule has 0 amide bonds. The van der Waals surface area contributed by atoms with Crippen LogP contribution in [0.4, 0.5) is 0 Å². The summed E-state index contributed by atoms with van der Waals surface area (Å²) < 4.78 is 12.0. The normalized spacial score (nSPS) is 9.75. The van der Waals surface area contributed by atoms with Crippen LogP contribution in [0, 0.1) is 0 Å². The van der Waals surface area contributed by atoms with Gasteiger partial charge < -0.3 is 4.55 Å². The highest BCUT2D eigenvalue weighted by Crippen LogP contribution is 1.96. The minimum absolute atomic E-state index is 0.230. The fourth-order valence-electron chi connectivity index (χ4n) is 0.259. The van der Waals surface area contributed by atoms with E-state index in [1.54, 1.807) is 0 Å². The zero-order valence-corrected chi connectivity index (χ0v) is 5.61. The molecule has 0 heterocycles. The van der Waals surface area contributed by atoms with Gasteiger partial charge in [-0.2, -0.15) is 0 Å². The van der Waals surface area contributed by atoms with Gasteiger partial charge in [0.25, 0.3) is 0 Å². The van der Waals surface area contributed by atoms with E-state index < -0.39 is 0 Å². The maximum atomic E-state index is 7.94. The molecule has 0 radical (unpaired) electrons. The minimum atomic E-state index is 0.230. The van der Waals surface area contributed by atoms with Gasteiger partial charge in [0.1, 0.15) is 0 Å². The van der Waals surface area contributed by atoms with Gasteiger partial charge in [0.15, 0.2) is 12.3 Å². The predicted molar refractivity (Wildman–Crippen MR) is 32.2 cm³/mol. The molecule has 0 spiro atoms. The Morgan fingerprint density at radius 1 is 1.62 bits per heavy atom. The standard InChI is InChI=1S/C4H10O3S/c1-2-3-4-6-7-8-5/h5H,2-4H2,1H3. The zero-order valence-electron chi connectivity index (χ0n) is 4.79. The van der Waals surface area contributed by atoms with Crippen LogP contribution in [0.15, 0.2) is 0 Å². The van der Waals surface area contributed by atoms with Crippen molar-refractivity contribution >= 4 is 12.3 Å². The minimum Gasteiger partial charge on any atom is -0.305 e. The van der Waals surface area contributed by atoms with Gasteiger partial charge in [0.05, 0.1) is 6.61 Å². The van der Waals surface area contributed by atoms with E-state index in [-0.39, 0.29) is 12.3 Å². The zero-order chi connectivity index (χ0) is 6.24. The number of hydrogen-bond donors (Lipinski definition) is 1. The molecule has 0 aromatic rings. The average molecular weight is 138 g/mol. The third-order valence-corrected chi connectivity index (χ3v) is 0.817. The highest BCUT2D eigenvalue weighted by molar-refractivity contribution is 7.88. The molecule has 50 valence electrons. The van der Waals surface area contributed by atoms with Crippen molar-refractivity contribution < 1.29 is 13.8 Å². The van der Waals surface area contributed by atoms with Crippen molar-refractivity contribution in [3.8, 4) is 0 Å². The summed E-state index contributed by atoms with van der Waals surface area (Å²) in [4.78, 5) is 4.44. The predicted octanol–water partition coefficient (Wildman–Crippen LogP) is 1.86. The van der Waals surface area contributed by atoms with E-state index in [1.807, 2.05) is 0 Å². The van der Waals surface area contributed by atoms with Crippen LogP contribution in [0.25, 0.3) is 0 Å². The van der Waals surface area contributed by atoms with Crippen molar-refractivity contribution in [1.82, 2.24) is 0 Å².